The van der Waals surface area contributed by atoms with E-state index in [-0.39, 0.29) is 35.3 Å². The van der Waals surface area contributed by atoms with Gasteiger partial charge >= 0.3 is 6.03 Å². The SMILES string of the molecule is CCOc1cc(/C=C2/C(=O)NC(=O)N(c3ccc(CC)cc3)C2=O)cc(Cl)c1OCc1ccccc1F. The number of rotatable bonds is 8. The highest BCUT2D eigenvalue weighted by Crippen LogP contribution is 2.38. The Morgan fingerprint density at radius 1 is 1.00 bits per heavy atom. The highest BCUT2D eigenvalue weighted by molar-refractivity contribution is 6.39. The minimum atomic E-state index is -0.832. The van der Waals surface area contributed by atoms with Crippen LogP contribution >= 0.6 is 11.6 Å². The molecule has 1 aliphatic heterocycles. The summed E-state index contributed by atoms with van der Waals surface area (Å²) in [5.41, 5.74) is 1.84. The van der Waals surface area contributed by atoms with Crippen molar-refractivity contribution < 1.29 is 28.2 Å². The molecule has 0 saturated carbocycles. The fourth-order valence-electron chi connectivity index (χ4n) is 3.78. The summed E-state index contributed by atoms with van der Waals surface area (Å²) in [7, 11) is 0. The molecule has 0 bridgehead atoms. The number of imide groups is 2. The minimum absolute atomic E-state index is 0.0817. The summed E-state index contributed by atoms with van der Waals surface area (Å²) >= 11 is 6.47. The maximum absolute atomic E-state index is 14.0. The van der Waals surface area contributed by atoms with Crippen LogP contribution in [0.5, 0.6) is 11.5 Å². The Morgan fingerprint density at radius 2 is 1.73 bits per heavy atom. The van der Waals surface area contributed by atoms with E-state index < -0.39 is 23.7 Å². The average Bonchev–Trinajstić information content (AvgIpc) is 2.87. The molecule has 1 N–H and O–H groups in total. The maximum atomic E-state index is 14.0. The van der Waals surface area contributed by atoms with E-state index >= 15 is 0 Å². The van der Waals surface area contributed by atoms with Crippen molar-refractivity contribution in [2.45, 2.75) is 26.9 Å². The Kier molecular flexibility index (Phi) is 7.89. The standard InChI is InChI=1S/C28H24ClFN2O5/c1-3-17-9-11-20(12-10-17)32-27(34)21(26(33)31-28(32)35)13-18-14-22(29)25(24(15-18)36-4-2)37-16-19-7-5-6-8-23(19)30/h5-15H,3-4,16H2,1-2H3,(H,31,33,35)/b21-13-. The van der Waals surface area contributed by atoms with Gasteiger partial charge in [-0.3, -0.25) is 14.9 Å². The molecule has 1 fully saturated rings. The van der Waals surface area contributed by atoms with E-state index in [0.29, 0.717) is 16.8 Å². The van der Waals surface area contributed by atoms with Gasteiger partial charge in [-0.15, -0.1) is 0 Å². The number of barbiturate groups is 1. The van der Waals surface area contributed by atoms with Gasteiger partial charge in [0.15, 0.2) is 11.5 Å². The molecule has 190 valence electrons. The van der Waals surface area contributed by atoms with Crippen molar-refractivity contribution in [2.24, 2.45) is 0 Å². The molecule has 0 aromatic heterocycles. The van der Waals surface area contributed by atoms with Gasteiger partial charge in [0.1, 0.15) is 18.0 Å². The summed E-state index contributed by atoms with van der Waals surface area (Å²) in [6, 6.07) is 15.3. The zero-order valence-electron chi connectivity index (χ0n) is 20.2. The van der Waals surface area contributed by atoms with Crippen LogP contribution in [-0.2, 0) is 22.6 Å². The number of halogens is 2. The first-order valence-electron chi connectivity index (χ1n) is 11.6. The van der Waals surface area contributed by atoms with E-state index in [2.05, 4.69) is 5.32 Å². The summed E-state index contributed by atoms with van der Waals surface area (Å²) in [6.45, 7) is 3.96. The second kappa shape index (κ2) is 11.3. The van der Waals surface area contributed by atoms with E-state index in [4.69, 9.17) is 21.1 Å². The summed E-state index contributed by atoms with van der Waals surface area (Å²) in [5.74, 6) is -1.56. The predicted molar refractivity (Wildman–Crippen MR) is 138 cm³/mol. The fraction of sp³-hybridized carbons (Fsp3) is 0.179. The van der Waals surface area contributed by atoms with Gasteiger partial charge in [0.05, 0.1) is 17.3 Å². The topological polar surface area (TPSA) is 84.9 Å². The lowest BCUT2D eigenvalue weighted by Gasteiger charge is -2.26. The number of carbonyl (C=O) groups excluding carboxylic acids is 3. The van der Waals surface area contributed by atoms with Crippen LogP contribution < -0.4 is 19.7 Å². The largest absolute Gasteiger partial charge is 0.490 e. The van der Waals surface area contributed by atoms with Gasteiger partial charge in [-0.05, 0) is 60.9 Å². The molecule has 0 atom stereocenters. The molecule has 7 nitrogen and oxygen atoms in total. The molecule has 3 aromatic rings. The van der Waals surface area contributed by atoms with Crippen LogP contribution in [0.3, 0.4) is 0 Å². The Morgan fingerprint density at radius 3 is 2.41 bits per heavy atom. The van der Waals surface area contributed by atoms with Crippen molar-refractivity contribution in [3.8, 4) is 11.5 Å². The first kappa shape index (κ1) is 25.9. The molecule has 0 unspecified atom stereocenters. The highest BCUT2D eigenvalue weighted by atomic mass is 35.5. The molecule has 3 aromatic carbocycles. The number of amides is 4. The quantitative estimate of drug-likeness (QED) is 0.304. The van der Waals surface area contributed by atoms with Crippen LogP contribution in [0.4, 0.5) is 14.9 Å². The predicted octanol–water partition coefficient (Wildman–Crippen LogP) is 5.69. The van der Waals surface area contributed by atoms with Crippen LogP contribution in [0.2, 0.25) is 5.02 Å². The number of benzene rings is 3. The van der Waals surface area contributed by atoms with Crippen molar-refractivity contribution in [2.75, 3.05) is 11.5 Å². The summed E-state index contributed by atoms with van der Waals surface area (Å²) in [4.78, 5) is 39.2. The van der Waals surface area contributed by atoms with Gasteiger partial charge in [0.2, 0.25) is 0 Å². The van der Waals surface area contributed by atoms with Crippen LogP contribution in [0.25, 0.3) is 6.08 Å². The Balaban J connectivity index is 1.65. The van der Waals surface area contributed by atoms with E-state index in [9.17, 15) is 18.8 Å². The molecule has 1 saturated heterocycles. The van der Waals surface area contributed by atoms with Crippen molar-refractivity contribution >= 4 is 41.2 Å². The van der Waals surface area contributed by atoms with Crippen LogP contribution in [0.15, 0.2) is 66.2 Å². The molecular formula is C28H24ClFN2O5. The number of nitrogens with zero attached hydrogens (tertiary/aromatic N) is 1. The first-order chi connectivity index (χ1) is 17.8. The van der Waals surface area contributed by atoms with Crippen LogP contribution in [0.1, 0.15) is 30.5 Å². The molecule has 37 heavy (non-hydrogen) atoms. The van der Waals surface area contributed by atoms with Crippen molar-refractivity contribution in [3.63, 3.8) is 0 Å². The number of anilines is 1. The van der Waals surface area contributed by atoms with Gasteiger partial charge in [0, 0.05) is 5.56 Å². The Bertz CT molecular complexity index is 1390. The second-order valence-electron chi connectivity index (χ2n) is 8.12. The molecule has 4 amide bonds. The fourth-order valence-corrected chi connectivity index (χ4v) is 4.05. The van der Waals surface area contributed by atoms with Gasteiger partial charge in [0.25, 0.3) is 11.8 Å². The van der Waals surface area contributed by atoms with Crippen LogP contribution in [-0.4, -0.2) is 24.5 Å². The van der Waals surface area contributed by atoms with Crippen molar-refractivity contribution in [1.29, 1.82) is 0 Å². The molecule has 1 aliphatic rings. The number of aryl methyl sites for hydroxylation is 1. The second-order valence-corrected chi connectivity index (χ2v) is 8.53. The van der Waals surface area contributed by atoms with E-state index in [1.807, 2.05) is 19.1 Å². The number of hydrogen-bond acceptors (Lipinski definition) is 5. The number of hydrogen-bond donors (Lipinski definition) is 1. The zero-order valence-corrected chi connectivity index (χ0v) is 21.0. The number of nitrogens with one attached hydrogen (secondary N) is 1. The monoisotopic (exact) mass is 522 g/mol. The smallest absolute Gasteiger partial charge is 0.335 e. The Labute approximate surface area is 218 Å². The van der Waals surface area contributed by atoms with Crippen molar-refractivity contribution in [1.82, 2.24) is 5.32 Å². The summed E-state index contributed by atoms with van der Waals surface area (Å²) in [5, 5.41) is 2.34. The minimum Gasteiger partial charge on any atom is -0.490 e. The van der Waals surface area contributed by atoms with E-state index in [1.165, 1.54) is 18.2 Å². The number of ether oxygens (including phenoxy) is 2. The van der Waals surface area contributed by atoms with E-state index in [1.54, 1.807) is 43.3 Å². The van der Waals surface area contributed by atoms with Gasteiger partial charge < -0.3 is 9.47 Å². The average molecular weight is 523 g/mol. The zero-order chi connectivity index (χ0) is 26.5. The number of carbonyl (C=O) groups is 3. The normalized spacial score (nSPS) is 14.6. The first-order valence-corrected chi connectivity index (χ1v) is 12.0. The van der Waals surface area contributed by atoms with Gasteiger partial charge in [-0.25, -0.2) is 14.1 Å². The van der Waals surface area contributed by atoms with Gasteiger partial charge in [-0.2, -0.15) is 0 Å². The van der Waals surface area contributed by atoms with Crippen LogP contribution in [0, 0.1) is 5.82 Å². The molecule has 9 heteroatoms. The Hall–Kier alpha value is -4.17. The molecule has 0 aliphatic carbocycles. The number of urea groups is 1. The van der Waals surface area contributed by atoms with Gasteiger partial charge in [-0.1, -0.05) is 48.9 Å². The maximum Gasteiger partial charge on any atom is 0.335 e. The molecule has 4 rings (SSSR count). The van der Waals surface area contributed by atoms with Crippen molar-refractivity contribution in [3.05, 3.63) is 93.8 Å². The molecule has 1 heterocycles. The third-order valence-electron chi connectivity index (χ3n) is 5.68. The molecular weight excluding hydrogens is 499 g/mol. The van der Waals surface area contributed by atoms with E-state index in [0.717, 1.165) is 16.9 Å². The highest BCUT2D eigenvalue weighted by Gasteiger charge is 2.36. The third kappa shape index (κ3) is 5.65. The lowest BCUT2D eigenvalue weighted by atomic mass is 10.1. The molecule has 0 radical (unpaired) electrons. The molecule has 0 spiro atoms. The lowest BCUT2D eigenvalue weighted by Crippen LogP contribution is -2.54. The summed E-state index contributed by atoms with van der Waals surface area (Å²) < 4.78 is 25.4. The third-order valence-corrected chi connectivity index (χ3v) is 5.96. The summed E-state index contributed by atoms with van der Waals surface area (Å²) in [6.07, 6.45) is 2.12. The lowest BCUT2D eigenvalue weighted by molar-refractivity contribution is -0.122.